The fourth-order valence-electron chi connectivity index (χ4n) is 1.41. The maximum atomic E-state index is 11.9. The number of hydrogen-bond acceptors (Lipinski definition) is 5. The fraction of sp³-hybridized carbons (Fsp3) is 0.917. The summed E-state index contributed by atoms with van der Waals surface area (Å²) in [5.74, 6) is -0.212. The Kier molecular flexibility index (Phi) is 8.12. The van der Waals surface area contributed by atoms with Crippen molar-refractivity contribution >= 4 is 5.97 Å². The quantitative estimate of drug-likeness (QED) is 0.600. The van der Waals surface area contributed by atoms with Crippen LogP contribution in [0.2, 0.25) is 0 Å². The van der Waals surface area contributed by atoms with Crippen molar-refractivity contribution in [3.05, 3.63) is 0 Å². The lowest BCUT2D eigenvalue weighted by atomic mass is 9.98. The maximum Gasteiger partial charge on any atom is 0.326 e. The van der Waals surface area contributed by atoms with Crippen LogP contribution >= 0.6 is 0 Å². The molecule has 0 aliphatic heterocycles. The summed E-state index contributed by atoms with van der Waals surface area (Å²) in [4.78, 5) is 14.0. The first-order valence-electron chi connectivity index (χ1n) is 6.02. The zero-order valence-electron chi connectivity index (χ0n) is 11.7. The Morgan fingerprint density at radius 1 is 1.41 bits per heavy atom. The van der Waals surface area contributed by atoms with Gasteiger partial charge >= 0.3 is 5.97 Å². The van der Waals surface area contributed by atoms with Crippen LogP contribution in [0, 0.1) is 0 Å². The van der Waals surface area contributed by atoms with E-state index in [1.807, 2.05) is 27.9 Å². The highest BCUT2D eigenvalue weighted by Crippen LogP contribution is 2.12. The van der Waals surface area contributed by atoms with E-state index in [1.165, 1.54) is 0 Å². The van der Waals surface area contributed by atoms with E-state index in [0.717, 1.165) is 13.1 Å². The van der Waals surface area contributed by atoms with Crippen molar-refractivity contribution in [3.63, 3.8) is 0 Å². The van der Waals surface area contributed by atoms with Crippen LogP contribution in [0.1, 0.15) is 20.3 Å². The molecule has 102 valence electrons. The minimum Gasteiger partial charge on any atom is -0.465 e. The molecule has 0 spiro atoms. The lowest BCUT2D eigenvalue weighted by Crippen LogP contribution is -2.52. The molecule has 1 atom stereocenters. The minimum atomic E-state index is -0.665. The molecule has 17 heavy (non-hydrogen) atoms. The van der Waals surface area contributed by atoms with E-state index in [9.17, 15) is 4.79 Å². The van der Waals surface area contributed by atoms with E-state index in [4.69, 9.17) is 9.47 Å². The Labute approximate surface area is 104 Å². The van der Waals surface area contributed by atoms with Crippen LogP contribution in [0.4, 0.5) is 0 Å². The van der Waals surface area contributed by atoms with E-state index in [2.05, 4.69) is 10.2 Å². The standard InChI is InChI=1S/C12H26N2O3/c1-6-17-11(15)12(2,7-10-16-5)13-8-9-14(3)4/h13H,6-10H2,1-5H3. The molecule has 0 fully saturated rings. The number of nitrogens with one attached hydrogen (secondary N) is 1. The molecule has 0 heterocycles. The molecule has 0 radical (unpaired) electrons. The summed E-state index contributed by atoms with van der Waals surface area (Å²) in [6, 6.07) is 0. The summed E-state index contributed by atoms with van der Waals surface area (Å²) in [5, 5.41) is 3.25. The van der Waals surface area contributed by atoms with Gasteiger partial charge in [-0.2, -0.15) is 0 Å². The van der Waals surface area contributed by atoms with Gasteiger partial charge in [-0.15, -0.1) is 0 Å². The molecule has 0 rings (SSSR count). The van der Waals surface area contributed by atoms with Gasteiger partial charge in [0.05, 0.1) is 6.61 Å². The SMILES string of the molecule is CCOC(=O)C(C)(CCOC)NCCN(C)C. The van der Waals surface area contributed by atoms with Crippen LogP contribution in [-0.4, -0.2) is 63.9 Å². The molecule has 0 aromatic heterocycles. The molecule has 0 amide bonds. The Bertz CT molecular complexity index is 222. The number of carbonyl (C=O) groups excluding carboxylic acids is 1. The normalized spacial score (nSPS) is 14.7. The Morgan fingerprint density at radius 2 is 2.06 bits per heavy atom. The first-order chi connectivity index (χ1) is 7.96. The smallest absolute Gasteiger partial charge is 0.326 e. The first-order valence-corrected chi connectivity index (χ1v) is 6.02. The van der Waals surface area contributed by atoms with Crippen molar-refractivity contribution in [2.24, 2.45) is 0 Å². The number of ether oxygens (including phenoxy) is 2. The highest BCUT2D eigenvalue weighted by Gasteiger charge is 2.33. The van der Waals surface area contributed by atoms with Crippen molar-refractivity contribution in [2.75, 3.05) is 47.5 Å². The number of carbonyl (C=O) groups is 1. The van der Waals surface area contributed by atoms with Crippen molar-refractivity contribution in [1.82, 2.24) is 10.2 Å². The summed E-state index contributed by atoms with van der Waals surface area (Å²) in [5.41, 5.74) is -0.665. The van der Waals surface area contributed by atoms with Gasteiger partial charge in [0.2, 0.25) is 0 Å². The topological polar surface area (TPSA) is 50.8 Å². The predicted octanol–water partition coefficient (Wildman–Crippen LogP) is 0.496. The second-order valence-corrected chi connectivity index (χ2v) is 4.53. The Balaban J connectivity index is 4.32. The van der Waals surface area contributed by atoms with E-state index in [0.29, 0.717) is 19.6 Å². The summed E-state index contributed by atoms with van der Waals surface area (Å²) in [6.07, 6.45) is 0.607. The minimum absolute atomic E-state index is 0.212. The molecule has 5 nitrogen and oxygen atoms in total. The van der Waals surface area contributed by atoms with Crippen LogP contribution in [0.15, 0.2) is 0 Å². The summed E-state index contributed by atoms with van der Waals surface area (Å²) in [7, 11) is 5.63. The van der Waals surface area contributed by atoms with Gasteiger partial charge < -0.3 is 19.7 Å². The average molecular weight is 246 g/mol. The van der Waals surface area contributed by atoms with E-state index < -0.39 is 5.54 Å². The highest BCUT2D eigenvalue weighted by atomic mass is 16.5. The third-order valence-electron chi connectivity index (χ3n) is 2.61. The van der Waals surface area contributed by atoms with Crippen molar-refractivity contribution in [3.8, 4) is 0 Å². The van der Waals surface area contributed by atoms with Gasteiger partial charge in [0.25, 0.3) is 0 Å². The number of esters is 1. The third-order valence-corrected chi connectivity index (χ3v) is 2.61. The maximum absolute atomic E-state index is 11.9. The van der Waals surface area contributed by atoms with Gasteiger partial charge in [0.15, 0.2) is 0 Å². The molecule has 1 N–H and O–H groups in total. The number of likely N-dealkylation sites (N-methyl/N-ethyl adjacent to an activating group) is 1. The zero-order valence-corrected chi connectivity index (χ0v) is 11.7. The molecular weight excluding hydrogens is 220 g/mol. The summed E-state index contributed by atoms with van der Waals surface area (Å²) < 4.78 is 10.1. The van der Waals surface area contributed by atoms with E-state index in [1.54, 1.807) is 7.11 Å². The van der Waals surface area contributed by atoms with Gasteiger partial charge in [-0.05, 0) is 34.4 Å². The fourth-order valence-corrected chi connectivity index (χ4v) is 1.41. The van der Waals surface area contributed by atoms with Crippen LogP contribution in [0.5, 0.6) is 0 Å². The first kappa shape index (κ1) is 16.4. The highest BCUT2D eigenvalue weighted by molar-refractivity contribution is 5.80. The van der Waals surface area contributed by atoms with Crippen LogP contribution in [0.3, 0.4) is 0 Å². The largest absolute Gasteiger partial charge is 0.465 e. The molecule has 0 aliphatic rings. The number of methoxy groups -OCH3 is 1. The second-order valence-electron chi connectivity index (χ2n) is 4.53. The molecule has 1 unspecified atom stereocenters. The Hall–Kier alpha value is -0.650. The molecule has 0 saturated heterocycles. The molecular formula is C12H26N2O3. The average Bonchev–Trinajstić information content (AvgIpc) is 2.26. The van der Waals surface area contributed by atoms with Gasteiger partial charge in [-0.25, -0.2) is 0 Å². The molecule has 0 aliphatic carbocycles. The van der Waals surface area contributed by atoms with Crippen molar-refractivity contribution in [2.45, 2.75) is 25.8 Å². The van der Waals surface area contributed by atoms with Crippen LogP contribution in [-0.2, 0) is 14.3 Å². The van der Waals surface area contributed by atoms with E-state index >= 15 is 0 Å². The van der Waals surface area contributed by atoms with Crippen molar-refractivity contribution in [1.29, 1.82) is 0 Å². The van der Waals surface area contributed by atoms with Crippen LogP contribution < -0.4 is 5.32 Å². The predicted molar refractivity (Wildman–Crippen MR) is 68.1 cm³/mol. The van der Waals surface area contributed by atoms with Crippen molar-refractivity contribution < 1.29 is 14.3 Å². The van der Waals surface area contributed by atoms with Gasteiger partial charge in [0, 0.05) is 26.8 Å². The summed E-state index contributed by atoms with van der Waals surface area (Å²) >= 11 is 0. The number of hydrogen-bond donors (Lipinski definition) is 1. The number of rotatable bonds is 9. The van der Waals surface area contributed by atoms with Gasteiger partial charge in [-0.3, -0.25) is 4.79 Å². The second kappa shape index (κ2) is 8.44. The molecule has 0 saturated carbocycles. The molecule has 5 heteroatoms. The lowest BCUT2D eigenvalue weighted by molar-refractivity contribution is -0.151. The van der Waals surface area contributed by atoms with Gasteiger partial charge in [0.1, 0.15) is 5.54 Å². The summed E-state index contributed by atoms with van der Waals surface area (Å²) in [6.45, 7) is 6.23. The monoisotopic (exact) mass is 246 g/mol. The number of nitrogens with zero attached hydrogens (tertiary/aromatic N) is 1. The van der Waals surface area contributed by atoms with E-state index in [-0.39, 0.29) is 5.97 Å². The van der Waals surface area contributed by atoms with Crippen LogP contribution in [0.25, 0.3) is 0 Å². The zero-order chi connectivity index (χ0) is 13.3. The molecule has 0 aromatic carbocycles. The van der Waals surface area contributed by atoms with Gasteiger partial charge in [-0.1, -0.05) is 0 Å². The lowest BCUT2D eigenvalue weighted by Gasteiger charge is -2.29. The molecule has 0 aromatic rings. The third kappa shape index (κ3) is 6.61. The Morgan fingerprint density at radius 3 is 2.53 bits per heavy atom. The molecule has 0 bridgehead atoms.